The molecule has 0 aliphatic carbocycles. The molecule has 1 unspecified atom stereocenters. The lowest BCUT2D eigenvalue weighted by molar-refractivity contribution is -0.139. The van der Waals surface area contributed by atoms with Gasteiger partial charge >= 0.3 is 5.97 Å². The van der Waals surface area contributed by atoms with Crippen molar-refractivity contribution in [3.05, 3.63) is 0 Å². The zero-order valence-electron chi connectivity index (χ0n) is 7.22. The first-order valence-electron chi connectivity index (χ1n) is 3.94. The summed E-state index contributed by atoms with van der Waals surface area (Å²) >= 11 is 0. The van der Waals surface area contributed by atoms with Gasteiger partial charge < -0.3 is 5.11 Å². The number of carboxylic acid groups (broad SMARTS) is 1. The van der Waals surface area contributed by atoms with Crippen molar-refractivity contribution in [3.8, 4) is 0 Å². The highest BCUT2D eigenvalue weighted by atomic mass is 16.4. The van der Waals surface area contributed by atoms with Gasteiger partial charge in [0.25, 0.3) is 0 Å². The molecule has 1 saturated heterocycles. The van der Waals surface area contributed by atoms with Gasteiger partial charge in [-0.1, -0.05) is 6.92 Å². The molecule has 3 nitrogen and oxygen atoms in total. The molecule has 0 aromatic carbocycles. The SMILES string of the molecule is CC1C[C@@H](C(=O)O)NC1(C)C. The number of aliphatic carboxylic acids is 1. The van der Waals surface area contributed by atoms with Crippen LogP contribution in [0.4, 0.5) is 0 Å². The molecule has 1 fully saturated rings. The lowest BCUT2D eigenvalue weighted by Gasteiger charge is -2.23. The van der Waals surface area contributed by atoms with Gasteiger partial charge in [-0.2, -0.15) is 0 Å². The average molecular weight is 157 g/mol. The number of nitrogens with one attached hydrogen (secondary N) is 1. The molecule has 0 aromatic heterocycles. The number of hydrogen-bond donors (Lipinski definition) is 2. The summed E-state index contributed by atoms with van der Waals surface area (Å²) in [6.45, 7) is 6.16. The number of carbonyl (C=O) groups is 1. The molecule has 0 spiro atoms. The van der Waals surface area contributed by atoms with Gasteiger partial charge in [0.1, 0.15) is 6.04 Å². The van der Waals surface area contributed by atoms with Gasteiger partial charge in [0.2, 0.25) is 0 Å². The Kier molecular flexibility index (Phi) is 1.92. The molecule has 1 aliphatic heterocycles. The first kappa shape index (κ1) is 8.53. The van der Waals surface area contributed by atoms with E-state index in [0.29, 0.717) is 5.92 Å². The van der Waals surface area contributed by atoms with Crippen molar-refractivity contribution in [1.82, 2.24) is 5.32 Å². The summed E-state index contributed by atoms with van der Waals surface area (Å²) in [7, 11) is 0. The van der Waals surface area contributed by atoms with Crippen LogP contribution in [0, 0.1) is 5.92 Å². The van der Waals surface area contributed by atoms with Crippen LogP contribution < -0.4 is 5.32 Å². The first-order chi connectivity index (χ1) is 4.93. The molecule has 2 N–H and O–H groups in total. The molecule has 1 rings (SSSR count). The quantitative estimate of drug-likeness (QED) is 0.593. The number of rotatable bonds is 1. The van der Waals surface area contributed by atoms with Crippen LogP contribution >= 0.6 is 0 Å². The van der Waals surface area contributed by atoms with Crippen LogP contribution in [0.2, 0.25) is 0 Å². The van der Waals surface area contributed by atoms with Crippen LogP contribution in [0.1, 0.15) is 27.2 Å². The summed E-state index contributed by atoms with van der Waals surface area (Å²) in [6, 6.07) is -0.347. The second-order valence-electron chi connectivity index (χ2n) is 3.89. The summed E-state index contributed by atoms with van der Waals surface area (Å²) < 4.78 is 0. The maximum atomic E-state index is 10.6. The van der Waals surface area contributed by atoms with E-state index in [1.807, 2.05) is 13.8 Å². The predicted molar refractivity (Wildman–Crippen MR) is 42.4 cm³/mol. The van der Waals surface area contributed by atoms with Gasteiger partial charge in [0.15, 0.2) is 0 Å². The Balaban J connectivity index is 2.64. The normalized spacial score (nSPS) is 35.5. The molecule has 0 radical (unpaired) electrons. The average Bonchev–Trinajstić information content (AvgIpc) is 2.08. The fraction of sp³-hybridized carbons (Fsp3) is 0.875. The third kappa shape index (κ3) is 1.53. The van der Waals surface area contributed by atoms with Crippen LogP contribution in [0.5, 0.6) is 0 Å². The highest BCUT2D eigenvalue weighted by molar-refractivity contribution is 5.74. The van der Waals surface area contributed by atoms with Crippen LogP contribution in [-0.4, -0.2) is 22.7 Å². The molecular formula is C8H15NO2. The van der Waals surface area contributed by atoms with Gasteiger partial charge in [-0.15, -0.1) is 0 Å². The topological polar surface area (TPSA) is 49.3 Å². The maximum absolute atomic E-state index is 10.6. The molecule has 11 heavy (non-hydrogen) atoms. The van der Waals surface area contributed by atoms with E-state index in [0.717, 1.165) is 6.42 Å². The summed E-state index contributed by atoms with van der Waals surface area (Å²) in [5, 5.41) is 11.8. The van der Waals surface area contributed by atoms with Crippen molar-refractivity contribution < 1.29 is 9.90 Å². The molecule has 2 atom stereocenters. The fourth-order valence-electron chi connectivity index (χ4n) is 1.46. The number of carboxylic acids is 1. The Bertz CT molecular complexity index is 177. The second-order valence-corrected chi connectivity index (χ2v) is 3.89. The zero-order valence-corrected chi connectivity index (χ0v) is 7.22. The third-order valence-corrected chi connectivity index (χ3v) is 2.67. The van der Waals surface area contributed by atoms with Crippen molar-refractivity contribution >= 4 is 5.97 Å². The van der Waals surface area contributed by atoms with Crippen molar-refractivity contribution in [2.75, 3.05) is 0 Å². The van der Waals surface area contributed by atoms with Crippen LogP contribution in [0.3, 0.4) is 0 Å². The molecule has 3 heteroatoms. The van der Waals surface area contributed by atoms with Gasteiger partial charge in [0, 0.05) is 5.54 Å². The van der Waals surface area contributed by atoms with Crippen molar-refractivity contribution in [2.45, 2.75) is 38.8 Å². The lowest BCUT2D eigenvalue weighted by atomic mass is 9.91. The number of hydrogen-bond acceptors (Lipinski definition) is 2. The Morgan fingerprint density at radius 2 is 2.18 bits per heavy atom. The van der Waals surface area contributed by atoms with E-state index in [1.165, 1.54) is 0 Å². The van der Waals surface area contributed by atoms with E-state index in [9.17, 15) is 4.79 Å². The van der Waals surface area contributed by atoms with E-state index in [-0.39, 0.29) is 11.6 Å². The van der Waals surface area contributed by atoms with E-state index < -0.39 is 5.97 Å². The van der Waals surface area contributed by atoms with E-state index in [2.05, 4.69) is 12.2 Å². The van der Waals surface area contributed by atoms with Crippen molar-refractivity contribution in [1.29, 1.82) is 0 Å². The summed E-state index contributed by atoms with van der Waals surface area (Å²) in [6.07, 6.45) is 0.738. The maximum Gasteiger partial charge on any atom is 0.320 e. The van der Waals surface area contributed by atoms with Gasteiger partial charge in [-0.05, 0) is 26.2 Å². The van der Waals surface area contributed by atoms with Crippen LogP contribution in [0.15, 0.2) is 0 Å². The summed E-state index contributed by atoms with van der Waals surface area (Å²) in [4.78, 5) is 10.6. The molecule has 0 aromatic rings. The molecule has 1 heterocycles. The smallest absolute Gasteiger partial charge is 0.320 e. The fourth-order valence-corrected chi connectivity index (χ4v) is 1.46. The van der Waals surface area contributed by atoms with Gasteiger partial charge in [-0.3, -0.25) is 10.1 Å². The summed E-state index contributed by atoms with van der Waals surface area (Å²) in [5.41, 5.74) is -0.0247. The third-order valence-electron chi connectivity index (χ3n) is 2.67. The van der Waals surface area contributed by atoms with Gasteiger partial charge in [-0.25, -0.2) is 0 Å². The van der Waals surface area contributed by atoms with Crippen molar-refractivity contribution in [3.63, 3.8) is 0 Å². The largest absolute Gasteiger partial charge is 0.480 e. The Morgan fingerprint density at radius 3 is 2.36 bits per heavy atom. The standard InChI is InChI=1S/C8H15NO2/c1-5-4-6(7(10)11)9-8(5,2)3/h5-6,9H,4H2,1-3H3,(H,10,11)/t5?,6-/m0/s1. The molecule has 0 saturated carbocycles. The van der Waals surface area contributed by atoms with Gasteiger partial charge in [0.05, 0.1) is 0 Å². The minimum Gasteiger partial charge on any atom is -0.480 e. The molecule has 0 bridgehead atoms. The Hall–Kier alpha value is -0.570. The van der Waals surface area contributed by atoms with Crippen LogP contribution in [-0.2, 0) is 4.79 Å². The van der Waals surface area contributed by atoms with E-state index in [4.69, 9.17) is 5.11 Å². The monoisotopic (exact) mass is 157 g/mol. The van der Waals surface area contributed by atoms with E-state index in [1.54, 1.807) is 0 Å². The van der Waals surface area contributed by atoms with Crippen molar-refractivity contribution in [2.24, 2.45) is 5.92 Å². The molecule has 1 aliphatic rings. The lowest BCUT2D eigenvalue weighted by Crippen LogP contribution is -2.43. The second kappa shape index (κ2) is 2.48. The molecular weight excluding hydrogens is 142 g/mol. The van der Waals surface area contributed by atoms with Crippen LogP contribution in [0.25, 0.3) is 0 Å². The molecule has 64 valence electrons. The zero-order chi connectivity index (χ0) is 8.65. The van der Waals surface area contributed by atoms with E-state index >= 15 is 0 Å². The summed E-state index contributed by atoms with van der Waals surface area (Å²) in [5.74, 6) is -0.300. The molecule has 0 amide bonds. The minimum absolute atomic E-state index is 0.0247. The Morgan fingerprint density at radius 1 is 1.64 bits per heavy atom. The predicted octanol–water partition coefficient (Wildman–Crippen LogP) is 0.848. The highest BCUT2D eigenvalue weighted by Crippen LogP contribution is 2.28. The minimum atomic E-state index is -0.734. The first-order valence-corrected chi connectivity index (χ1v) is 3.94. The Labute approximate surface area is 66.8 Å². The highest BCUT2D eigenvalue weighted by Gasteiger charge is 2.39.